The summed E-state index contributed by atoms with van der Waals surface area (Å²) in [6, 6.07) is 9.25. The summed E-state index contributed by atoms with van der Waals surface area (Å²) in [4.78, 5) is 16.0. The van der Waals surface area contributed by atoms with Gasteiger partial charge in [-0.05, 0) is 59.9 Å². The fourth-order valence-electron chi connectivity index (χ4n) is 6.77. The standard InChI is InChI=1S/C28H31NO5/c1-27(2)11-18-12-28(3,15-27)16-29(18)13-20-22(30)6-5-19-25(31)21(14-34-26(19)20)17-4-7-23-24(10-17)33-9-8-32-23/h4-7,10,14,18,30H,8-9,11-13,15-16H2,1-3H3/t18-,28-/m1/s1. The van der Waals surface area contributed by atoms with Crippen molar-refractivity contribution in [2.24, 2.45) is 10.8 Å². The number of phenolic OH excluding ortho intramolecular Hbond substituents is 1. The van der Waals surface area contributed by atoms with Crippen molar-refractivity contribution in [1.29, 1.82) is 0 Å². The molecule has 0 unspecified atom stereocenters. The van der Waals surface area contributed by atoms with Crippen molar-refractivity contribution < 1.29 is 19.0 Å². The molecule has 1 saturated heterocycles. The third kappa shape index (κ3) is 3.56. The zero-order valence-corrected chi connectivity index (χ0v) is 20.0. The molecule has 2 aromatic carbocycles. The number of fused-ring (bicyclic) bond motifs is 4. The Morgan fingerprint density at radius 1 is 1.06 bits per heavy atom. The van der Waals surface area contributed by atoms with Crippen LogP contribution < -0.4 is 14.9 Å². The van der Waals surface area contributed by atoms with E-state index in [1.807, 2.05) is 18.2 Å². The first-order valence-corrected chi connectivity index (χ1v) is 12.1. The van der Waals surface area contributed by atoms with E-state index in [9.17, 15) is 9.90 Å². The van der Waals surface area contributed by atoms with Gasteiger partial charge in [-0.2, -0.15) is 0 Å². The molecule has 3 aromatic rings. The molecule has 3 heterocycles. The molecule has 3 aliphatic rings. The fraction of sp³-hybridized carbons (Fsp3) is 0.464. The monoisotopic (exact) mass is 461 g/mol. The van der Waals surface area contributed by atoms with Crippen LogP contribution in [0.4, 0.5) is 0 Å². The maximum absolute atomic E-state index is 13.5. The first kappa shape index (κ1) is 21.5. The van der Waals surface area contributed by atoms with Gasteiger partial charge in [0.1, 0.15) is 30.8 Å². The molecular formula is C28H31NO5. The molecule has 2 aliphatic heterocycles. The van der Waals surface area contributed by atoms with Crippen LogP contribution in [-0.4, -0.2) is 35.8 Å². The SMILES string of the molecule is CC1(C)C[C@@H]2C[C@@](C)(CN2Cc2c(O)ccc3c(=O)c(-c4ccc5c(c4)OCCO5)coc23)C1. The second-order valence-electron chi connectivity index (χ2n) is 11.4. The van der Waals surface area contributed by atoms with Crippen molar-refractivity contribution >= 4 is 11.0 Å². The number of likely N-dealkylation sites (tertiary alicyclic amines) is 1. The highest BCUT2D eigenvalue weighted by atomic mass is 16.6. The molecule has 1 N–H and O–H groups in total. The summed E-state index contributed by atoms with van der Waals surface area (Å²) in [5.74, 6) is 1.49. The Hall–Kier alpha value is -2.99. The van der Waals surface area contributed by atoms with Crippen LogP contribution in [0.25, 0.3) is 22.1 Å². The van der Waals surface area contributed by atoms with Crippen LogP contribution in [0, 0.1) is 10.8 Å². The molecule has 1 saturated carbocycles. The maximum atomic E-state index is 13.5. The summed E-state index contributed by atoms with van der Waals surface area (Å²) in [7, 11) is 0. The van der Waals surface area contributed by atoms with Gasteiger partial charge in [0.2, 0.25) is 5.43 Å². The highest BCUT2D eigenvalue weighted by Crippen LogP contribution is 2.53. The Labute approximate surface area is 199 Å². The maximum Gasteiger partial charge on any atom is 0.200 e. The number of hydrogen-bond acceptors (Lipinski definition) is 6. The van der Waals surface area contributed by atoms with E-state index in [1.165, 1.54) is 19.1 Å². The summed E-state index contributed by atoms with van der Waals surface area (Å²) < 4.78 is 17.3. The van der Waals surface area contributed by atoms with Crippen LogP contribution in [0.2, 0.25) is 0 Å². The Morgan fingerprint density at radius 3 is 2.68 bits per heavy atom. The summed E-state index contributed by atoms with van der Waals surface area (Å²) in [5, 5.41) is 11.2. The van der Waals surface area contributed by atoms with Gasteiger partial charge >= 0.3 is 0 Å². The molecule has 6 rings (SSSR count). The first-order chi connectivity index (χ1) is 16.2. The van der Waals surface area contributed by atoms with Crippen LogP contribution in [0.15, 0.2) is 45.8 Å². The molecule has 6 heteroatoms. The smallest absolute Gasteiger partial charge is 0.200 e. The zero-order chi connectivity index (χ0) is 23.7. The lowest BCUT2D eigenvalue weighted by atomic mass is 9.65. The van der Waals surface area contributed by atoms with Gasteiger partial charge in [0.25, 0.3) is 0 Å². The van der Waals surface area contributed by atoms with Gasteiger partial charge in [-0.3, -0.25) is 9.69 Å². The van der Waals surface area contributed by atoms with Gasteiger partial charge < -0.3 is 19.0 Å². The van der Waals surface area contributed by atoms with Gasteiger partial charge in [-0.1, -0.05) is 26.8 Å². The van der Waals surface area contributed by atoms with E-state index in [0.29, 0.717) is 70.2 Å². The second kappa shape index (κ2) is 7.51. The third-order valence-corrected chi connectivity index (χ3v) is 7.76. The van der Waals surface area contributed by atoms with Crippen LogP contribution >= 0.6 is 0 Å². The molecule has 2 bridgehead atoms. The quantitative estimate of drug-likeness (QED) is 0.568. The van der Waals surface area contributed by atoms with Crippen molar-refractivity contribution in [3.05, 3.63) is 52.4 Å². The van der Waals surface area contributed by atoms with E-state index in [0.717, 1.165) is 18.5 Å². The molecule has 0 amide bonds. The molecule has 2 atom stereocenters. The minimum absolute atomic E-state index is 0.118. The highest BCUT2D eigenvalue weighted by molar-refractivity contribution is 5.86. The van der Waals surface area contributed by atoms with Crippen molar-refractivity contribution in [3.8, 4) is 28.4 Å². The Bertz CT molecular complexity index is 1340. The summed E-state index contributed by atoms with van der Waals surface area (Å²) >= 11 is 0. The van der Waals surface area contributed by atoms with Crippen molar-refractivity contribution in [2.75, 3.05) is 19.8 Å². The number of nitrogens with zero attached hydrogens (tertiary/aromatic N) is 1. The molecule has 0 spiro atoms. The predicted octanol–water partition coefficient (Wildman–Crippen LogP) is 5.34. The number of ether oxygens (including phenoxy) is 2. The van der Waals surface area contributed by atoms with E-state index < -0.39 is 0 Å². The highest BCUT2D eigenvalue weighted by Gasteiger charge is 2.49. The molecule has 2 fully saturated rings. The normalized spacial score (nSPS) is 25.6. The molecular weight excluding hydrogens is 430 g/mol. The van der Waals surface area contributed by atoms with Gasteiger partial charge in [0, 0.05) is 19.1 Å². The lowest BCUT2D eigenvalue weighted by Gasteiger charge is -2.40. The average molecular weight is 462 g/mol. The van der Waals surface area contributed by atoms with Crippen LogP contribution in [0.1, 0.15) is 45.6 Å². The summed E-state index contributed by atoms with van der Waals surface area (Å²) in [5.41, 5.74) is 2.84. The molecule has 1 aromatic heterocycles. The molecule has 178 valence electrons. The van der Waals surface area contributed by atoms with Gasteiger partial charge in [-0.15, -0.1) is 0 Å². The summed E-state index contributed by atoms with van der Waals surface area (Å²) in [6.45, 7) is 9.67. The van der Waals surface area contributed by atoms with Gasteiger partial charge in [0.15, 0.2) is 11.5 Å². The second-order valence-corrected chi connectivity index (χ2v) is 11.4. The minimum atomic E-state index is -0.118. The van der Waals surface area contributed by atoms with Gasteiger partial charge in [-0.25, -0.2) is 0 Å². The minimum Gasteiger partial charge on any atom is -0.507 e. The molecule has 0 radical (unpaired) electrons. The van der Waals surface area contributed by atoms with E-state index >= 15 is 0 Å². The van der Waals surface area contributed by atoms with Crippen molar-refractivity contribution in [2.45, 2.75) is 52.6 Å². The Balaban J connectivity index is 1.38. The zero-order valence-electron chi connectivity index (χ0n) is 20.0. The predicted molar refractivity (Wildman–Crippen MR) is 131 cm³/mol. The molecule has 1 aliphatic carbocycles. The van der Waals surface area contributed by atoms with Crippen molar-refractivity contribution in [1.82, 2.24) is 4.90 Å². The lowest BCUT2D eigenvalue weighted by Crippen LogP contribution is -2.34. The number of aromatic hydroxyl groups is 1. The number of benzene rings is 2. The van der Waals surface area contributed by atoms with Crippen LogP contribution in [0.3, 0.4) is 0 Å². The van der Waals surface area contributed by atoms with Gasteiger partial charge in [0.05, 0.1) is 16.5 Å². The van der Waals surface area contributed by atoms with Crippen molar-refractivity contribution in [3.63, 3.8) is 0 Å². The number of rotatable bonds is 3. The topological polar surface area (TPSA) is 72.1 Å². The van der Waals surface area contributed by atoms with E-state index in [1.54, 1.807) is 12.1 Å². The third-order valence-electron chi connectivity index (χ3n) is 7.76. The molecule has 6 nitrogen and oxygen atoms in total. The first-order valence-electron chi connectivity index (χ1n) is 12.1. The van der Waals surface area contributed by atoms with Crippen LogP contribution in [0.5, 0.6) is 17.2 Å². The molecule has 34 heavy (non-hydrogen) atoms. The van der Waals surface area contributed by atoms with E-state index in [2.05, 4.69) is 25.7 Å². The van der Waals surface area contributed by atoms with Crippen LogP contribution in [-0.2, 0) is 6.54 Å². The largest absolute Gasteiger partial charge is 0.507 e. The fourth-order valence-corrected chi connectivity index (χ4v) is 6.77. The average Bonchev–Trinajstić information content (AvgIpc) is 3.03. The lowest BCUT2D eigenvalue weighted by molar-refractivity contribution is 0.126. The number of hydrogen-bond donors (Lipinski definition) is 1. The Morgan fingerprint density at radius 2 is 1.85 bits per heavy atom. The number of phenols is 1. The Kier molecular flexibility index (Phi) is 4.75. The van der Waals surface area contributed by atoms with E-state index in [4.69, 9.17) is 13.9 Å². The summed E-state index contributed by atoms with van der Waals surface area (Å²) in [6.07, 6.45) is 5.04. The van der Waals surface area contributed by atoms with E-state index in [-0.39, 0.29) is 11.2 Å².